The van der Waals surface area contributed by atoms with Crippen LogP contribution in [-0.2, 0) is 14.4 Å². The van der Waals surface area contributed by atoms with Crippen molar-refractivity contribution in [2.24, 2.45) is 11.3 Å². The van der Waals surface area contributed by atoms with Crippen LogP contribution in [0.3, 0.4) is 0 Å². The molecule has 0 N–H and O–H groups in total. The highest BCUT2D eigenvalue weighted by Crippen LogP contribution is 2.39. The Kier molecular flexibility index (Phi) is 5.25. The van der Waals surface area contributed by atoms with Gasteiger partial charge in [0.2, 0.25) is 17.7 Å². The van der Waals surface area contributed by atoms with Crippen LogP contribution < -0.4 is 0 Å². The number of likely N-dealkylation sites (tertiary alicyclic amines) is 2. The fraction of sp³-hybridized carbons (Fsp3) is 0.812. The summed E-state index contributed by atoms with van der Waals surface area (Å²) in [5.41, 5.74) is -0.770. The van der Waals surface area contributed by atoms with Crippen LogP contribution in [0.5, 0.6) is 0 Å². The van der Waals surface area contributed by atoms with Gasteiger partial charge in [-0.25, -0.2) is 0 Å². The predicted molar refractivity (Wildman–Crippen MR) is 79.7 cm³/mol. The molecule has 2 aliphatic heterocycles. The zero-order chi connectivity index (χ0) is 18.1. The van der Waals surface area contributed by atoms with Crippen molar-refractivity contribution in [1.29, 1.82) is 0 Å². The maximum atomic E-state index is 12.8. The van der Waals surface area contributed by atoms with Crippen LogP contribution in [0.25, 0.3) is 0 Å². The number of carbonyl (C=O) groups is 3. The van der Waals surface area contributed by atoms with Gasteiger partial charge in [-0.05, 0) is 25.7 Å². The molecule has 3 amide bonds. The van der Waals surface area contributed by atoms with E-state index in [9.17, 15) is 27.6 Å². The third-order valence-corrected chi connectivity index (χ3v) is 5.37. The molecule has 1 atom stereocenters. The molecule has 0 spiro atoms. The van der Waals surface area contributed by atoms with Crippen molar-refractivity contribution >= 4 is 17.7 Å². The van der Waals surface area contributed by atoms with Gasteiger partial charge in [0.1, 0.15) is 6.54 Å². The van der Waals surface area contributed by atoms with Crippen molar-refractivity contribution < 1.29 is 27.6 Å². The van der Waals surface area contributed by atoms with Crippen molar-refractivity contribution in [3.63, 3.8) is 0 Å². The van der Waals surface area contributed by atoms with E-state index in [0.717, 1.165) is 9.80 Å². The van der Waals surface area contributed by atoms with Gasteiger partial charge in [-0.3, -0.25) is 19.3 Å². The van der Waals surface area contributed by atoms with Gasteiger partial charge in [0, 0.05) is 19.5 Å². The first-order valence-corrected chi connectivity index (χ1v) is 8.34. The van der Waals surface area contributed by atoms with E-state index in [4.69, 9.17) is 0 Å². The third kappa shape index (κ3) is 3.42. The second-order valence-corrected chi connectivity index (χ2v) is 6.67. The summed E-state index contributed by atoms with van der Waals surface area (Å²) in [4.78, 5) is 39.0. The average Bonchev–Trinajstić information content (AvgIpc) is 2.78. The van der Waals surface area contributed by atoms with Gasteiger partial charge in [-0.2, -0.15) is 13.2 Å². The first-order valence-electron chi connectivity index (χ1n) is 8.34. The molecule has 24 heavy (non-hydrogen) atoms. The molecule has 2 aliphatic rings. The molecule has 5 nitrogen and oxygen atoms in total. The molecule has 2 rings (SSSR count). The van der Waals surface area contributed by atoms with Crippen LogP contribution in [0.4, 0.5) is 13.2 Å². The molecular weight excluding hydrogens is 325 g/mol. The topological polar surface area (TPSA) is 57.7 Å². The molecule has 8 heteroatoms. The highest BCUT2D eigenvalue weighted by atomic mass is 19.4. The zero-order valence-corrected chi connectivity index (χ0v) is 14.0. The normalized spacial score (nSPS) is 24.6. The van der Waals surface area contributed by atoms with Crippen LogP contribution >= 0.6 is 0 Å². The van der Waals surface area contributed by atoms with Gasteiger partial charge in [0.25, 0.3) is 0 Å². The number of amides is 3. The summed E-state index contributed by atoms with van der Waals surface area (Å²) in [5, 5.41) is 0. The standard InChI is InChI=1S/C16H23F3N2O3/c1-3-15(4-2)8-12(22)21(14(15)24)10-13(23)20-7-5-6-11(9-20)16(17,18)19/h11H,3-10H2,1-2H3. The molecule has 0 aromatic rings. The number of piperidine rings is 1. The lowest BCUT2D eigenvalue weighted by atomic mass is 9.81. The number of carbonyl (C=O) groups excluding carboxylic acids is 3. The Labute approximate surface area is 139 Å². The zero-order valence-electron chi connectivity index (χ0n) is 14.0. The molecule has 136 valence electrons. The summed E-state index contributed by atoms with van der Waals surface area (Å²) in [5.74, 6) is -2.92. The van der Waals surface area contributed by atoms with Crippen LogP contribution in [0.1, 0.15) is 46.0 Å². The molecular formula is C16H23F3N2O3. The van der Waals surface area contributed by atoms with Gasteiger partial charge < -0.3 is 4.90 Å². The molecule has 0 aromatic heterocycles. The van der Waals surface area contributed by atoms with Crippen molar-refractivity contribution in [3.8, 4) is 0 Å². The molecule has 2 fully saturated rings. The Hall–Kier alpha value is -1.60. The van der Waals surface area contributed by atoms with Crippen LogP contribution in [0.15, 0.2) is 0 Å². The summed E-state index contributed by atoms with van der Waals surface area (Å²) in [6.07, 6.45) is -3.00. The monoisotopic (exact) mass is 348 g/mol. The number of alkyl halides is 3. The number of rotatable bonds is 4. The summed E-state index contributed by atoms with van der Waals surface area (Å²) in [7, 11) is 0. The highest BCUT2D eigenvalue weighted by Gasteiger charge is 2.50. The largest absolute Gasteiger partial charge is 0.393 e. The molecule has 2 heterocycles. The van der Waals surface area contributed by atoms with E-state index in [0.29, 0.717) is 12.8 Å². The fourth-order valence-corrected chi connectivity index (χ4v) is 3.53. The summed E-state index contributed by atoms with van der Waals surface area (Å²) in [6, 6.07) is 0. The third-order valence-electron chi connectivity index (χ3n) is 5.37. The lowest BCUT2D eigenvalue weighted by molar-refractivity contribution is -0.188. The van der Waals surface area contributed by atoms with Crippen LogP contribution in [0.2, 0.25) is 0 Å². The van der Waals surface area contributed by atoms with Crippen molar-refractivity contribution in [2.45, 2.75) is 52.1 Å². The summed E-state index contributed by atoms with van der Waals surface area (Å²) >= 11 is 0. The maximum Gasteiger partial charge on any atom is 0.393 e. The lowest BCUT2D eigenvalue weighted by Crippen LogP contribution is -2.49. The minimum Gasteiger partial charge on any atom is -0.341 e. The van der Waals surface area contributed by atoms with Gasteiger partial charge in [0.15, 0.2) is 0 Å². The first kappa shape index (κ1) is 18.7. The number of nitrogens with zero attached hydrogens (tertiary/aromatic N) is 2. The summed E-state index contributed by atoms with van der Waals surface area (Å²) < 4.78 is 38.5. The second kappa shape index (κ2) is 6.72. The van der Waals surface area contributed by atoms with Gasteiger partial charge in [-0.1, -0.05) is 13.8 Å². The Bertz CT molecular complexity index is 529. The van der Waals surface area contributed by atoms with E-state index >= 15 is 0 Å². The van der Waals surface area contributed by atoms with Crippen molar-refractivity contribution in [3.05, 3.63) is 0 Å². The predicted octanol–water partition coefficient (Wildman–Crippen LogP) is 2.35. The number of hydrogen-bond acceptors (Lipinski definition) is 3. The quantitative estimate of drug-likeness (QED) is 0.733. The number of imide groups is 1. The molecule has 0 radical (unpaired) electrons. The SMILES string of the molecule is CCC1(CC)CC(=O)N(CC(=O)N2CCCC(C(F)(F)F)C2)C1=O. The van der Waals surface area contributed by atoms with Gasteiger partial charge in [-0.15, -0.1) is 0 Å². The van der Waals surface area contributed by atoms with Crippen LogP contribution in [0, 0.1) is 11.3 Å². The van der Waals surface area contributed by atoms with E-state index in [1.807, 2.05) is 13.8 Å². The van der Waals surface area contributed by atoms with Crippen molar-refractivity contribution in [2.75, 3.05) is 19.6 Å². The van der Waals surface area contributed by atoms with E-state index in [2.05, 4.69) is 0 Å². The smallest absolute Gasteiger partial charge is 0.341 e. The molecule has 0 bridgehead atoms. The Balaban J connectivity index is 2.04. The average molecular weight is 348 g/mol. The molecule has 2 saturated heterocycles. The summed E-state index contributed by atoms with van der Waals surface area (Å²) in [6.45, 7) is 3.01. The van der Waals surface area contributed by atoms with E-state index in [1.54, 1.807) is 0 Å². The minimum atomic E-state index is -4.34. The van der Waals surface area contributed by atoms with Crippen LogP contribution in [-0.4, -0.2) is 53.3 Å². The Morgan fingerprint density at radius 3 is 2.38 bits per heavy atom. The highest BCUT2D eigenvalue weighted by molar-refractivity contribution is 6.07. The molecule has 0 saturated carbocycles. The van der Waals surface area contributed by atoms with Gasteiger partial charge in [0.05, 0.1) is 11.3 Å². The first-order chi connectivity index (χ1) is 11.1. The maximum absolute atomic E-state index is 12.8. The fourth-order valence-electron chi connectivity index (χ4n) is 3.53. The van der Waals surface area contributed by atoms with E-state index in [1.165, 1.54) is 0 Å². The lowest BCUT2D eigenvalue weighted by Gasteiger charge is -2.34. The van der Waals surface area contributed by atoms with Gasteiger partial charge >= 0.3 is 6.18 Å². The Morgan fingerprint density at radius 1 is 1.25 bits per heavy atom. The van der Waals surface area contributed by atoms with E-state index < -0.39 is 42.4 Å². The van der Waals surface area contributed by atoms with Crippen molar-refractivity contribution in [1.82, 2.24) is 9.80 Å². The number of halogens is 3. The molecule has 0 aromatic carbocycles. The second-order valence-electron chi connectivity index (χ2n) is 6.67. The van der Waals surface area contributed by atoms with E-state index in [-0.39, 0.29) is 31.7 Å². The molecule has 1 unspecified atom stereocenters. The Morgan fingerprint density at radius 2 is 1.88 bits per heavy atom. The minimum absolute atomic E-state index is 0.00361. The number of hydrogen-bond donors (Lipinski definition) is 0. The molecule has 0 aliphatic carbocycles.